The van der Waals surface area contributed by atoms with E-state index in [1.807, 2.05) is 11.5 Å². The number of imidazole rings is 1. The second-order valence-corrected chi connectivity index (χ2v) is 3.94. The molecule has 2 N–H and O–H groups in total. The quantitative estimate of drug-likeness (QED) is 0.831. The van der Waals surface area contributed by atoms with Crippen molar-refractivity contribution in [3.63, 3.8) is 0 Å². The van der Waals surface area contributed by atoms with Crippen LogP contribution in [0.2, 0.25) is 5.15 Å². The Balaban J connectivity index is 2.32. The number of nitrogens with one attached hydrogen (secondary N) is 1. The maximum Gasteiger partial charge on any atom is 0.339 e. The van der Waals surface area contributed by atoms with Crippen LogP contribution < -0.4 is 5.32 Å². The molecule has 2 aromatic heterocycles. The van der Waals surface area contributed by atoms with E-state index in [1.54, 1.807) is 12.5 Å². The van der Waals surface area contributed by atoms with E-state index < -0.39 is 5.97 Å². The first-order valence-electron chi connectivity index (χ1n) is 5.28. The van der Waals surface area contributed by atoms with Crippen molar-refractivity contribution in [1.29, 1.82) is 0 Å². The lowest BCUT2D eigenvalue weighted by Gasteiger charge is -2.06. The van der Waals surface area contributed by atoms with Gasteiger partial charge in [0.05, 0.1) is 6.33 Å². The summed E-state index contributed by atoms with van der Waals surface area (Å²) in [5, 5.41) is 12.1. The maximum absolute atomic E-state index is 11.0. The molecule has 18 heavy (non-hydrogen) atoms. The molecular weight excluding hydrogens is 256 g/mol. The molecule has 0 aromatic carbocycles. The number of rotatable bonds is 4. The van der Waals surface area contributed by atoms with Crippen molar-refractivity contribution >= 4 is 29.2 Å². The predicted octanol–water partition coefficient (Wildman–Crippen LogP) is 2.39. The highest BCUT2D eigenvalue weighted by molar-refractivity contribution is 6.29. The SMILES string of the molecule is CCn1cnc(Nc2nc(Cl)ccc2C(=O)O)c1. The van der Waals surface area contributed by atoms with Crippen molar-refractivity contribution in [3.8, 4) is 0 Å². The number of aromatic nitrogens is 3. The zero-order chi connectivity index (χ0) is 13.1. The van der Waals surface area contributed by atoms with Gasteiger partial charge in [0.25, 0.3) is 0 Å². The van der Waals surface area contributed by atoms with E-state index >= 15 is 0 Å². The third-order valence-electron chi connectivity index (χ3n) is 2.34. The zero-order valence-electron chi connectivity index (χ0n) is 9.59. The fourth-order valence-electron chi connectivity index (χ4n) is 1.42. The molecule has 0 spiro atoms. The number of hydrogen-bond donors (Lipinski definition) is 2. The summed E-state index contributed by atoms with van der Waals surface area (Å²) < 4.78 is 1.85. The Morgan fingerprint density at radius 2 is 2.33 bits per heavy atom. The van der Waals surface area contributed by atoms with Crippen LogP contribution in [0.5, 0.6) is 0 Å². The molecule has 2 rings (SSSR count). The lowest BCUT2D eigenvalue weighted by atomic mass is 10.2. The Morgan fingerprint density at radius 1 is 1.56 bits per heavy atom. The van der Waals surface area contributed by atoms with Gasteiger partial charge in [0.1, 0.15) is 22.4 Å². The van der Waals surface area contributed by atoms with Crippen molar-refractivity contribution in [2.24, 2.45) is 0 Å². The number of carbonyl (C=O) groups is 1. The average Bonchev–Trinajstić information content (AvgIpc) is 2.76. The molecule has 2 heterocycles. The molecule has 7 heteroatoms. The summed E-state index contributed by atoms with van der Waals surface area (Å²) in [6.07, 6.45) is 3.40. The van der Waals surface area contributed by atoms with Gasteiger partial charge in [0.2, 0.25) is 0 Å². The molecule has 0 aliphatic carbocycles. The second kappa shape index (κ2) is 5.05. The van der Waals surface area contributed by atoms with Crippen LogP contribution in [0.15, 0.2) is 24.7 Å². The van der Waals surface area contributed by atoms with Gasteiger partial charge in [-0.05, 0) is 19.1 Å². The summed E-state index contributed by atoms with van der Waals surface area (Å²) in [7, 11) is 0. The Kier molecular flexibility index (Phi) is 3.47. The van der Waals surface area contributed by atoms with Crippen LogP contribution in [0.3, 0.4) is 0 Å². The molecule has 0 aliphatic rings. The molecule has 0 radical (unpaired) electrons. The Hall–Kier alpha value is -2.08. The van der Waals surface area contributed by atoms with Gasteiger partial charge in [-0.25, -0.2) is 14.8 Å². The highest BCUT2D eigenvalue weighted by Crippen LogP contribution is 2.20. The Labute approximate surface area is 108 Å². The number of anilines is 2. The fraction of sp³-hybridized carbons (Fsp3) is 0.182. The second-order valence-electron chi connectivity index (χ2n) is 3.55. The van der Waals surface area contributed by atoms with E-state index in [1.165, 1.54) is 12.1 Å². The van der Waals surface area contributed by atoms with E-state index in [-0.39, 0.29) is 16.5 Å². The van der Waals surface area contributed by atoms with Crippen LogP contribution in [0.4, 0.5) is 11.6 Å². The number of carboxylic acid groups (broad SMARTS) is 1. The Morgan fingerprint density at radius 3 is 2.94 bits per heavy atom. The molecule has 0 fully saturated rings. The number of aromatic carboxylic acids is 1. The van der Waals surface area contributed by atoms with Crippen LogP contribution in [-0.4, -0.2) is 25.6 Å². The summed E-state index contributed by atoms with van der Waals surface area (Å²) in [4.78, 5) is 19.1. The number of pyridine rings is 1. The molecule has 0 saturated carbocycles. The summed E-state index contributed by atoms with van der Waals surface area (Å²) in [6.45, 7) is 2.76. The van der Waals surface area contributed by atoms with Gasteiger partial charge >= 0.3 is 5.97 Å². The minimum Gasteiger partial charge on any atom is -0.478 e. The van der Waals surface area contributed by atoms with Crippen molar-refractivity contribution in [2.75, 3.05) is 5.32 Å². The fourth-order valence-corrected chi connectivity index (χ4v) is 1.57. The predicted molar refractivity (Wildman–Crippen MR) is 67.4 cm³/mol. The summed E-state index contributed by atoms with van der Waals surface area (Å²) in [5.74, 6) is -0.373. The van der Waals surface area contributed by atoms with Crippen molar-refractivity contribution in [1.82, 2.24) is 14.5 Å². The third kappa shape index (κ3) is 2.60. The molecule has 0 bridgehead atoms. The van der Waals surface area contributed by atoms with Gasteiger partial charge < -0.3 is 15.0 Å². The third-order valence-corrected chi connectivity index (χ3v) is 2.55. The van der Waals surface area contributed by atoms with E-state index in [0.29, 0.717) is 5.82 Å². The molecule has 0 amide bonds. The monoisotopic (exact) mass is 266 g/mol. The zero-order valence-corrected chi connectivity index (χ0v) is 10.3. The van der Waals surface area contributed by atoms with Crippen LogP contribution in [0.25, 0.3) is 0 Å². The summed E-state index contributed by atoms with van der Waals surface area (Å²) >= 11 is 5.75. The molecule has 0 aliphatic heterocycles. The standard InChI is InChI=1S/C11H11ClN4O2/c1-2-16-5-9(13-6-16)15-10-7(11(17)18)3-4-8(12)14-10/h3-6H,2H2,1H3,(H,14,15)(H,17,18). The number of halogens is 1. The number of nitrogens with zero attached hydrogens (tertiary/aromatic N) is 3. The first kappa shape index (κ1) is 12.4. The summed E-state index contributed by atoms with van der Waals surface area (Å²) in [6, 6.07) is 2.83. The normalized spacial score (nSPS) is 10.3. The van der Waals surface area contributed by atoms with Crippen molar-refractivity contribution in [2.45, 2.75) is 13.5 Å². The lowest BCUT2D eigenvalue weighted by Crippen LogP contribution is -2.05. The number of carboxylic acids is 1. The molecule has 2 aromatic rings. The van der Waals surface area contributed by atoms with Gasteiger partial charge in [-0.15, -0.1) is 0 Å². The average molecular weight is 267 g/mol. The molecular formula is C11H11ClN4O2. The van der Waals surface area contributed by atoms with Gasteiger partial charge in [0.15, 0.2) is 0 Å². The largest absolute Gasteiger partial charge is 0.478 e. The van der Waals surface area contributed by atoms with E-state index in [2.05, 4.69) is 15.3 Å². The van der Waals surface area contributed by atoms with E-state index in [0.717, 1.165) is 6.54 Å². The molecule has 0 saturated heterocycles. The lowest BCUT2D eigenvalue weighted by molar-refractivity contribution is 0.0697. The van der Waals surface area contributed by atoms with Crippen molar-refractivity contribution < 1.29 is 9.90 Å². The highest BCUT2D eigenvalue weighted by atomic mass is 35.5. The van der Waals surface area contributed by atoms with Gasteiger partial charge in [-0.3, -0.25) is 0 Å². The van der Waals surface area contributed by atoms with E-state index in [4.69, 9.17) is 16.7 Å². The van der Waals surface area contributed by atoms with Crippen LogP contribution in [0.1, 0.15) is 17.3 Å². The van der Waals surface area contributed by atoms with Gasteiger partial charge in [0, 0.05) is 12.7 Å². The summed E-state index contributed by atoms with van der Waals surface area (Å²) in [5.41, 5.74) is 0.0467. The van der Waals surface area contributed by atoms with Crippen molar-refractivity contribution in [3.05, 3.63) is 35.4 Å². The highest BCUT2D eigenvalue weighted by Gasteiger charge is 2.13. The Bertz CT molecular complexity index is 582. The maximum atomic E-state index is 11.0. The topological polar surface area (TPSA) is 80.0 Å². The van der Waals surface area contributed by atoms with E-state index in [9.17, 15) is 4.79 Å². The van der Waals surface area contributed by atoms with Crippen LogP contribution in [0, 0.1) is 0 Å². The minimum atomic E-state index is -1.07. The number of hydrogen-bond acceptors (Lipinski definition) is 4. The first-order valence-corrected chi connectivity index (χ1v) is 5.66. The number of aryl methyl sites for hydroxylation is 1. The van der Waals surface area contributed by atoms with Gasteiger partial charge in [-0.1, -0.05) is 11.6 Å². The molecule has 6 nitrogen and oxygen atoms in total. The minimum absolute atomic E-state index is 0.0467. The van der Waals surface area contributed by atoms with Crippen LogP contribution >= 0.6 is 11.6 Å². The smallest absolute Gasteiger partial charge is 0.339 e. The molecule has 0 atom stereocenters. The first-order chi connectivity index (χ1) is 8.60. The molecule has 0 unspecified atom stereocenters. The van der Waals surface area contributed by atoms with Gasteiger partial charge in [-0.2, -0.15) is 0 Å². The van der Waals surface area contributed by atoms with Crippen LogP contribution in [-0.2, 0) is 6.54 Å². The molecule has 94 valence electrons.